The van der Waals surface area contributed by atoms with Gasteiger partial charge < -0.3 is 0 Å². The molecular weight excluding hydrogens is 235 g/mol. The monoisotopic (exact) mass is 239 g/mol. The summed E-state index contributed by atoms with van der Waals surface area (Å²) in [6, 6.07) is 2.87. The van der Waals surface area contributed by atoms with Crippen molar-refractivity contribution < 1.29 is 13.2 Å². The third-order valence-corrected chi connectivity index (χ3v) is 1.94. The van der Waals surface area contributed by atoms with Crippen molar-refractivity contribution in [3.05, 3.63) is 28.5 Å². The van der Waals surface area contributed by atoms with Gasteiger partial charge in [-0.15, -0.1) is 0 Å². The van der Waals surface area contributed by atoms with Gasteiger partial charge in [0.1, 0.15) is 4.60 Å². The average Bonchev–Trinajstić information content (AvgIpc) is 1.91. The van der Waals surface area contributed by atoms with Crippen LogP contribution in [0.1, 0.15) is 5.56 Å². The van der Waals surface area contributed by atoms with Gasteiger partial charge in [-0.3, -0.25) is 0 Å². The van der Waals surface area contributed by atoms with Crippen LogP contribution >= 0.6 is 15.9 Å². The van der Waals surface area contributed by atoms with Gasteiger partial charge in [-0.25, -0.2) is 4.98 Å². The maximum absolute atomic E-state index is 11.9. The second-order valence-corrected chi connectivity index (χ2v) is 3.00. The lowest BCUT2D eigenvalue weighted by molar-refractivity contribution is -0.127. The van der Waals surface area contributed by atoms with E-state index in [1.807, 2.05) is 0 Å². The molecule has 0 atom stereocenters. The molecule has 0 amide bonds. The molecule has 0 aliphatic rings. The third-order valence-electron chi connectivity index (χ3n) is 1.23. The molecule has 0 saturated heterocycles. The van der Waals surface area contributed by atoms with E-state index in [-0.39, 0.29) is 10.2 Å². The molecule has 1 aromatic heterocycles. The van der Waals surface area contributed by atoms with Gasteiger partial charge in [0.15, 0.2) is 0 Å². The van der Waals surface area contributed by atoms with E-state index in [0.717, 1.165) is 0 Å². The summed E-state index contributed by atoms with van der Waals surface area (Å²) in [5, 5.41) is 0. The summed E-state index contributed by atoms with van der Waals surface area (Å²) in [6.07, 6.45) is -3.68. The number of halogens is 4. The van der Waals surface area contributed by atoms with E-state index in [9.17, 15) is 13.2 Å². The van der Waals surface area contributed by atoms with Crippen LogP contribution in [0, 0.1) is 0 Å². The first kappa shape index (κ1) is 9.51. The van der Waals surface area contributed by atoms with Crippen molar-refractivity contribution in [3.63, 3.8) is 0 Å². The van der Waals surface area contributed by atoms with E-state index in [1.165, 1.54) is 18.3 Å². The van der Waals surface area contributed by atoms with E-state index in [4.69, 9.17) is 0 Å². The van der Waals surface area contributed by atoms with E-state index < -0.39 is 12.6 Å². The summed E-state index contributed by atoms with van der Waals surface area (Å²) in [4.78, 5) is 3.68. The number of hydrogen-bond acceptors (Lipinski definition) is 1. The Morgan fingerprint density at radius 1 is 1.42 bits per heavy atom. The van der Waals surface area contributed by atoms with Gasteiger partial charge >= 0.3 is 6.18 Å². The Bertz CT molecular complexity index is 272. The first-order valence-corrected chi connectivity index (χ1v) is 3.94. The number of nitrogens with zero attached hydrogens (tertiary/aromatic N) is 1. The number of hydrogen-bond donors (Lipinski definition) is 0. The average molecular weight is 240 g/mol. The number of rotatable bonds is 1. The highest BCUT2D eigenvalue weighted by Crippen LogP contribution is 2.24. The van der Waals surface area contributed by atoms with E-state index in [1.54, 1.807) is 0 Å². The SMILES string of the molecule is FC(F)(F)Cc1cccnc1Br. The molecule has 0 saturated carbocycles. The second-order valence-electron chi connectivity index (χ2n) is 2.25. The maximum Gasteiger partial charge on any atom is 0.393 e. The van der Waals surface area contributed by atoms with Crippen LogP contribution in [0.2, 0.25) is 0 Å². The standard InChI is InChI=1S/C7H5BrF3N/c8-6-5(2-1-3-12-6)4-7(9,10)11/h1-3H,4H2. The number of alkyl halides is 3. The van der Waals surface area contributed by atoms with Crippen LogP contribution in [0.15, 0.2) is 22.9 Å². The summed E-state index contributed by atoms with van der Waals surface area (Å²) >= 11 is 2.94. The lowest BCUT2D eigenvalue weighted by Gasteiger charge is -2.06. The van der Waals surface area contributed by atoms with Crippen LogP contribution in [0.5, 0.6) is 0 Å². The van der Waals surface area contributed by atoms with Crippen LogP contribution in [0.3, 0.4) is 0 Å². The summed E-state index contributed by atoms with van der Waals surface area (Å²) in [5.41, 5.74) is 0.157. The van der Waals surface area contributed by atoms with Crippen LogP contribution in [0.25, 0.3) is 0 Å². The highest BCUT2D eigenvalue weighted by atomic mass is 79.9. The van der Waals surface area contributed by atoms with Crippen LogP contribution < -0.4 is 0 Å². The number of pyridine rings is 1. The lowest BCUT2D eigenvalue weighted by atomic mass is 10.2. The molecule has 1 aromatic rings. The zero-order valence-electron chi connectivity index (χ0n) is 5.90. The van der Waals surface area contributed by atoms with Gasteiger partial charge in [0.25, 0.3) is 0 Å². The molecule has 0 unspecified atom stereocenters. The predicted octanol–water partition coefficient (Wildman–Crippen LogP) is 2.95. The van der Waals surface area contributed by atoms with Gasteiger partial charge in [-0.2, -0.15) is 13.2 Å². The van der Waals surface area contributed by atoms with Crippen molar-refractivity contribution in [2.75, 3.05) is 0 Å². The zero-order valence-corrected chi connectivity index (χ0v) is 7.48. The zero-order chi connectivity index (χ0) is 9.19. The topological polar surface area (TPSA) is 12.9 Å². The minimum Gasteiger partial charge on any atom is -0.249 e. The molecule has 0 bridgehead atoms. The fourth-order valence-corrected chi connectivity index (χ4v) is 1.16. The third kappa shape index (κ3) is 2.81. The molecule has 0 aromatic carbocycles. The Morgan fingerprint density at radius 2 is 2.08 bits per heavy atom. The molecule has 0 aliphatic heterocycles. The fraction of sp³-hybridized carbons (Fsp3) is 0.286. The van der Waals surface area contributed by atoms with Crippen molar-refractivity contribution in [3.8, 4) is 0 Å². The van der Waals surface area contributed by atoms with Gasteiger partial charge in [0.05, 0.1) is 6.42 Å². The van der Waals surface area contributed by atoms with Gasteiger partial charge in [0.2, 0.25) is 0 Å². The van der Waals surface area contributed by atoms with Gasteiger partial charge in [-0.1, -0.05) is 6.07 Å². The van der Waals surface area contributed by atoms with Crippen LogP contribution in [0.4, 0.5) is 13.2 Å². The summed E-state index contributed by atoms with van der Waals surface area (Å²) < 4.78 is 35.9. The van der Waals surface area contributed by atoms with Gasteiger partial charge in [0, 0.05) is 6.20 Å². The highest BCUT2D eigenvalue weighted by Gasteiger charge is 2.28. The normalized spacial score (nSPS) is 11.7. The van der Waals surface area contributed by atoms with Crippen molar-refractivity contribution in [2.24, 2.45) is 0 Å². The molecular formula is C7H5BrF3N. The Labute approximate surface area is 75.7 Å². The molecule has 1 heterocycles. The molecule has 5 heteroatoms. The highest BCUT2D eigenvalue weighted by molar-refractivity contribution is 9.10. The van der Waals surface area contributed by atoms with Crippen LogP contribution in [-0.4, -0.2) is 11.2 Å². The molecule has 0 fully saturated rings. The molecule has 1 nitrogen and oxygen atoms in total. The maximum atomic E-state index is 11.9. The largest absolute Gasteiger partial charge is 0.393 e. The van der Waals surface area contributed by atoms with Crippen molar-refractivity contribution in [2.45, 2.75) is 12.6 Å². The van der Waals surface area contributed by atoms with E-state index in [0.29, 0.717) is 0 Å². The number of aromatic nitrogens is 1. The van der Waals surface area contributed by atoms with Crippen molar-refractivity contribution in [1.82, 2.24) is 4.98 Å². The Morgan fingerprint density at radius 3 is 2.58 bits per heavy atom. The Balaban J connectivity index is 2.83. The van der Waals surface area contributed by atoms with E-state index >= 15 is 0 Å². The predicted molar refractivity (Wildman–Crippen MR) is 41.7 cm³/mol. The first-order chi connectivity index (χ1) is 5.49. The quantitative estimate of drug-likeness (QED) is 0.687. The molecule has 0 aliphatic carbocycles. The van der Waals surface area contributed by atoms with E-state index in [2.05, 4.69) is 20.9 Å². The molecule has 0 radical (unpaired) electrons. The van der Waals surface area contributed by atoms with Gasteiger partial charge in [-0.05, 0) is 27.6 Å². The minimum atomic E-state index is -4.18. The summed E-state index contributed by atoms with van der Waals surface area (Å²) in [5.74, 6) is 0. The first-order valence-electron chi connectivity index (χ1n) is 3.15. The summed E-state index contributed by atoms with van der Waals surface area (Å²) in [6.45, 7) is 0. The smallest absolute Gasteiger partial charge is 0.249 e. The molecule has 1 rings (SSSR count). The molecule has 66 valence electrons. The summed E-state index contributed by atoms with van der Waals surface area (Å²) in [7, 11) is 0. The second kappa shape index (κ2) is 3.43. The molecule has 12 heavy (non-hydrogen) atoms. The lowest BCUT2D eigenvalue weighted by Crippen LogP contribution is -2.12. The Kier molecular flexibility index (Phi) is 2.72. The fourth-order valence-electron chi connectivity index (χ4n) is 0.767. The minimum absolute atomic E-state index is 0.157. The van der Waals surface area contributed by atoms with Crippen LogP contribution in [-0.2, 0) is 6.42 Å². The Hall–Kier alpha value is -0.580. The molecule has 0 N–H and O–H groups in total. The van der Waals surface area contributed by atoms with Crippen molar-refractivity contribution >= 4 is 15.9 Å². The van der Waals surface area contributed by atoms with Crippen molar-refractivity contribution in [1.29, 1.82) is 0 Å². The molecule has 0 spiro atoms.